The number of fused-ring (bicyclic) bond motifs is 3. The van der Waals surface area contributed by atoms with Crippen LogP contribution < -0.4 is 22.9 Å². The van der Waals surface area contributed by atoms with E-state index in [4.69, 9.17) is 118 Å². The van der Waals surface area contributed by atoms with E-state index in [9.17, 15) is 53.7 Å². The Labute approximate surface area is 730 Å². The number of primary amides is 4. The topological polar surface area (TPSA) is 656 Å². The van der Waals surface area contributed by atoms with E-state index in [2.05, 4.69) is 49.8 Å². The Bertz CT molecular complexity index is 4560. The number of amides is 4. The molecule has 0 saturated carbocycles. The van der Waals surface area contributed by atoms with Crippen LogP contribution in [0.15, 0.2) is 116 Å². The van der Waals surface area contributed by atoms with Crippen LogP contribution in [0.5, 0.6) is 0 Å². The lowest BCUT2D eigenvalue weighted by Gasteiger charge is -2.20. The van der Waals surface area contributed by atoms with Crippen molar-refractivity contribution in [3.8, 4) is 0 Å². The number of nitrogens with two attached hydrogens (primary N) is 4. The highest BCUT2D eigenvalue weighted by atomic mass is 16.8. The van der Waals surface area contributed by atoms with Gasteiger partial charge in [-0.3, -0.25) is 19.2 Å². The normalized spacial score (nSPS) is 25.6. The molecule has 4 amide bonds. The molecule has 3 aromatic carbocycles. The van der Waals surface area contributed by atoms with Gasteiger partial charge in [-0.2, -0.15) is 0 Å². The second kappa shape index (κ2) is 51.2. The number of nitrogens with zero attached hydrogens (tertiary/aromatic N) is 14. The fourth-order valence-corrected chi connectivity index (χ4v) is 12.5. The highest BCUT2D eigenvalue weighted by molar-refractivity contribution is 5.89. The van der Waals surface area contributed by atoms with Gasteiger partial charge in [0.05, 0.1) is 52.9 Å². The molecule has 128 heavy (non-hydrogen) atoms. The quantitative estimate of drug-likeness (QED) is 0.0104. The van der Waals surface area contributed by atoms with Crippen LogP contribution >= 0.6 is 0 Å². The minimum atomic E-state index is -1.36. The molecule has 702 valence electrons. The van der Waals surface area contributed by atoms with Gasteiger partial charge in [-0.05, 0) is 28.2 Å². The number of hydrogen-bond donors (Lipinski definition) is 9. The molecule has 51 nitrogen and oxygen atoms in total. The van der Waals surface area contributed by atoms with Crippen LogP contribution in [0.4, 0.5) is 4.79 Å². The van der Waals surface area contributed by atoms with Crippen molar-refractivity contribution >= 4 is 47.7 Å². The molecule has 19 atom stereocenters. The van der Waals surface area contributed by atoms with Gasteiger partial charge in [-0.25, -0.2) is 57.8 Å². The summed E-state index contributed by atoms with van der Waals surface area (Å²) >= 11 is 0. The maximum atomic E-state index is 12.0. The minimum absolute atomic E-state index is 0.0770. The van der Waals surface area contributed by atoms with Crippen molar-refractivity contribution in [3.63, 3.8) is 0 Å². The number of benzene rings is 3. The third-order valence-electron chi connectivity index (χ3n) is 18.7. The standard InChI is InChI=1S/C20H25N5O7.C20H24N4O8.C15H16N4O5.C13H20N4O8.C5H10O4.C4H11NO/c1-24(2)8-9-28-20(27)29-10-13-14-15(32-19(31-14)12-6-4-3-5-7-12)18(30-13)25-11-22-17(23-25)16(21)26;1-27-7-8-28-10-14(25)29-9-13-15-16(32-20(31-15)12-5-3-2-4-6-12)19(30-13)24-11-22-18(23-24)17(21)26;16-12(21)13-17-7-19(18-13)14-11-10(9(6-20)22-14)23-15(24-11)8-4-2-1-3-5-8;1-22-2-3-23-5-8(18)24-4-7-9(19)10(20)13(25-7)17-6-15-12(16-17)11(14)21;1-8-2-3-9-4-5(6)7;1-5(2)3-4-6/h3-7,11,13-15,18-19H,8-10H2,1-2H3,(H2,21,26);2-6,11,13,15-16,19-20H,7-10H2,1H3,(H2,21,26);1-5,7,9-11,14-15,20H,6H2,(H2,16,21);6-7,9-10,13,19-20H,2-5H2,1H3,(H2,14,21);2-4H2,1H3,(H,6,7);6H,3-4H2,1-2H3/t13-,14?,15-,18-,19?;13-,15?,16-,19-,20?;9-,10?,11-,14-,15?;7-,9?,10-,13-;;/m1111../s1. The fraction of sp³-hybridized carbons (Fsp3) is 0.558. The number of aliphatic carboxylic acids is 1. The Morgan fingerprint density at radius 2 is 0.703 bits per heavy atom. The number of esters is 2. The summed E-state index contributed by atoms with van der Waals surface area (Å²) < 4.78 is 114. The molecule has 51 heteroatoms. The van der Waals surface area contributed by atoms with Crippen LogP contribution in [0.1, 0.15) is 103 Å². The third-order valence-corrected chi connectivity index (χ3v) is 18.7. The molecule has 0 spiro atoms. The average molecular weight is 1810 g/mol. The number of aliphatic hydroxyl groups excluding tert-OH is 4. The number of methoxy groups -OCH3 is 3. The summed E-state index contributed by atoms with van der Waals surface area (Å²) in [5.41, 5.74) is 23.3. The first-order chi connectivity index (χ1) is 61.6. The summed E-state index contributed by atoms with van der Waals surface area (Å²) in [6.07, 6.45) is -9.47. The number of rotatable bonds is 38. The third kappa shape index (κ3) is 29.5. The summed E-state index contributed by atoms with van der Waals surface area (Å²) in [5.74, 6) is -5.90. The molecule has 13 N–H and O–H groups in total. The predicted molar refractivity (Wildman–Crippen MR) is 425 cm³/mol. The lowest BCUT2D eigenvalue weighted by molar-refractivity contribution is -0.170. The Kier molecular flexibility index (Phi) is 40.3. The van der Waals surface area contributed by atoms with Gasteiger partial charge < -0.3 is 153 Å². The van der Waals surface area contributed by atoms with Gasteiger partial charge in [0.2, 0.25) is 23.3 Å². The first kappa shape index (κ1) is 101. The zero-order chi connectivity index (χ0) is 92.3. The molecule has 0 bridgehead atoms. The van der Waals surface area contributed by atoms with Crippen molar-refractivity contribution in [1.29, 1.82) is 0 Å². The van der Waals surface area contributed by atoms with Crippen LogP contribution in [0, 0.1) is 0 Å². The zero-order valence-corrected chi connectivity index (χ0v) is 70.7. The SMILES string of the molecule is CN(C)CCO.CN(C)CCOC(=O)OC[C@H]1O[C@@H](n2cnc(C(N)=O)n2)[C@@H]2OC(c3ccccc3)OC21.COCCOCC(=O)O.COCCOCC(=O)OC[C@H]1O[C@@H](n2cnc(C(N)=O)n2)[C@@H]2OC(c3ccccc3)OC21.COCCOCC(=O)OC[C@H]1O[C@@H](n2cnc(C(N)=O)n2)[C@H](O)C1O.NC(=O)c1ncn([C@@H]2O[C@H](CO)C3OC(c4ccccc4)O[C@H]32)n1. The molecule has 7 unspecified atom stereocenters. The second-order valence-corrected chi connectivity index (χ2v) is 28.5. The molecule has 7 saturated heterocycles. The lowest BCUT2D eigenvalue weighted by atomic mass is 10.1. The van der Waals surface area contributed by atoms with E-state index >= 15 is 0 Å². The van der Waals surface area contributed by atoms with Gasteiger partial charge in [0.1, 0.15) is 145 Å². The number of carbonyl (C=O) groups excluding carboxylic acids is 7. The monoisotopic (exact) mass is 1810 g/mol. The molecule has 7 fully saturated rings. The van der Waals surface area contributed by atoms with Gasteiger partial charge in [0, 0.05) is 51.1 Å². The van der Waals surface area contributed by atoms with Gasteiger partial charge in [-0.15, -0.1) is 20.4 Å². The molecule has 0 radical (unpaired) electrons. The van der Waals surface area contributed by atoms with Crippen LogP contribution in [0.3, 0.4) is 0 Å². The average Bonchev–Trinajstić information content (AvgIpc) is 1.62. The highest BCUT2D eigenvalue weighted by Gasteiger charge is 2.57. The Morgan fingerprint density at radius 1 is 0.383 bits per heavy atom. The van der Waals surface area contributed by atoms with Gasteiger partial charge >= 0.3 is 24.1 Å². The second-order valence-electron chi connectivity index (χ2n) is 28.5. The highest BCUT2D eigenvalue weighted by Crippen LogP contribution is 2.47. The van der Waals surface area contributed by atoms with Gasteiger partial charge in [0.15, 0.2) is 43.8 Å². The molecule has 7 aliphatic rings. The maximum Gasteiger partial charge on any atom is 0.508 e. The molecule has 4 aromatic heterocycles. The number of aromatic nitrogens is 12. The minimum Gasteiger partial charge on any atom is -0.480 e. The van der Waals surface area contributed by atoms with Crippen LogP contribution in [-0.4, -0.2) is 377 Å². The molecule has 7 aromatic rings. The van der Waals surface area contributed by atoms with Crippen molar-refractivity contribution < 1.29 is 159 Å². The summed E-state index contributed by atoms with van der Waals surface area (Å²) in [4.78, 5) is 109. The first-order valence-electron chi connectivity index (χ1n) is 39.6. The Balaban J connectivity index is 0.000000184. The number of likely N-dealkylation sites (N-methyl/N-ethyl adjacent to an activating group) is 2. The van der Waals surface area contributed by atoms with E-state index in [1.807, 2.05) is 129 Å². The Morgan fingerprint density at radius 3 is 1.02 bits per heavy atom. The van der Waals surface area contributed by atoms with Crippen molar-refractivity contribution in [2.75, 3.05) is 162 Å². The predicted octanol–water partition coefficient (Wildman–Crippen LogP) is -3.34. The van der Waals surface area contributed by atoms with Gasteiger partial charge in [-0.1, -0.05) is 91.0 Å². The van der Waals surface area contributed by atoms with E-state index in [1.165, 1.54) is 47.2 Å². The Hall–Kier alpha value is -11.1. The molecule has 11 heterocycles. The van der Waals surface area contributed by atoms with Crippen molar-refractivity contribution in [2.24, 2.45) is 22.9 Å². The van der Waals surface area contributed by atoms with Crippen molar-refractivity contribution in [1.82, 2.24) is 68.9 Å². The molecule has 7 aliphatic heterocycles. The number of carboxylic acids is 1. The summed E-state index contributed by atoms with van der Waals surface area (Å²) in [6.45, 7) is 2.39. The summed E-state index contributed by atoms with van der Waals surface area (Å²) in [6, 6.07) is 28.3. The number of ether oxygens (including phenoxy) is 20. The first-order valence-corrected chi connectivity index (χ1v) is 39.6. The number of carbonyl (C=O) groups is 8. The fourth-order valence-electron chi connectivity index (χ4n) is 12.5. The van der Waals surface area contributed by atoms with Crippen LogP contribution in [0.25, 0.3) is 0 Å². The molecule has 0 aliphatic carbocycles. The lowest BCUT2D eigenvalue weighted by Crippen LogP contribution is -2.34. The van der Waals surface area contributed by atoms with E-state index in [0.717, 1.165) is 34.2 Å². The van der Waals surface area contributed by atoms with Crippen molar-refractivity contribution in [2.45, 2.75) is 117 Å². The number of aliphatic hydroxyl groups is 4. The molecule has 14 rings (SSSR count). The summed E-state index contributed by atoms with van der Waals surface area (Å²) in [7, 11) is 12.2. The largest absolute Gasteiger partial charge is 0.508 e. The van der Waals surface area contributed by atoms with E-state index in [-0.39, 0.29) is 96.0 Å². The van der Waals surface area contributed by atoms with E-state index < -0.39 is 165 Å². The number of hydrogen-bond acceptors (Lipinski definition) is 42. The maximum absolute atomic E-state index is 12.0. The van der Waals surface area contributed by atoms with Crippen molar-refractivity contribution in [3.05, 3.63) is 156 Å². The molecular weight excluding hydrogens is 1700 g/mol. The zero-order valence-electron chi connectivity index (χ0n) is 70.7. The van der Waals surface area contributed by atoms with E-state index in [0.29, 0.717) is 33.0 Å². The smallest absolute Gasteiger partial charge is 0.480 e. The van der Waals surface area contributed by atoms with Crippen LogP contribution in [0.2, 0.25) is 0 Å². The van der Waals surface area contributed by atoms with Gasteiger partial charge in [0.25, 0.3) is 23.6 Å². The van der Waals surface area contributed by atoms with E-state index in [1.54, 1.807) is 7.11 Å². The summed E-state index contributed by atoms with van der Waals surface area (Å²) in [5, 5.41) is 61.7. The number of carboxylic acid groups (broad SMARTS) is 1. The molecular formula is C77H106N18O33. The van der Waals surface area contributed by atoms with Crippen LogP contribution in [-0.2, 0) is 109 Å².